The number of hydrogen-bond donors (Lipinski definition) is 1. The summed E-state index contributed by atoms with van der Waals surface area (Å²) in [5.74, 6) is 0. The van der Waals surface area contributed by atoms with Crippen molar-refractivity contribution >= 4 is 0 Å². The Morgan fingerprint density at radius 3 is 3.17 bits per heavy atom. The molecule has 1 aromatic rings. The van der Waals surface area contributed by atoms with Crippen molar-refractivity contribution in [1.82, 2.24) is 15.3 Å². The van der Waals surface area contributed by atoms with Gasteiger partial charge in [0, 0.05) is 30.3 Å². The molecule has 1 N–H and O–H groups in total. The summed E-state index contributed by atoms with van der Waals surface area (Å²) in [6.45, 7) is 4.33. The van der Waals surface area contributed by atoms with Crippen LogP contribution in [-0.2, 0) is 6.42 Å². The zero-order valence-corrected chi connectivity index (χ0v) is 7.41. The summed E-state index contributed by atoms with van der Waals surface area (Å²) < 4.78 is 0. The van der Waals surface area contributed by atoms with Crippen LogP contribution in [0.4, 0.5) is 0 Å². The molecule has 0 fully saturated rings. The summed E-state index contributed by atoms with van der Waals surface area (Å²) in [5.41, 5.74) is 2.44. The van der Waals surface area contributed by atoms with Gasteiger partial charge in [-0.15, -0.1) is 0 Å². The van der Waals surface area contributed by atoms with Gasteiger partial charge in [-0.1, -0.05) is 0 Å². The Kier molecular flexibility index (Phi) is 1.81. The van der Waals surface area contributed by atoms with Crippen molar-refractivity contribution in [3.8, 4) is 0 Å². The van der Waals surface area contributed by atoms with Crippen LogP contribution in [-0.4, -0.2) is 16.0 Å². The Balaban J connectivity index is 2.40. The quantitative estimate of drug-likeness (QED) is 0.621. The minimum absolute atomic E-state index is 0.393. The third-order valence-corrected chi connectivity index (χ3v) is 2.33. The van der Waals surface area contributed by atoms with E-state index in [0.717, 1.165) is 6.42 Å². The van der Waals surface area contributed by atoms with Crippen molar-refractivity contribution in [2.24, 2.45) is 0 Å². The van der Waals surface area contributed by atoms with Crippen molar-refractivity contribution < 1.29 is 0 Å². The van der Waals surface area contributed by atoms with Gasteiger partial charge in [0.2, 0.25) is 0 Å². The van der Waals surface area contributed by atoms with E-state index >= 15 is 0 Å². The second kappa shape index (κ2) is 2.83. The molecule has 2 unspecified atom stereocenters. The smallest absolute Gasteiger partial charge is 0.115 e. The van der Waals surface area contributed by atoms with Crippen molar-refractivity contribution in [1.29, 1.82) is 0 Å². The third kappa shape index (κ3) is 1.20. The van der Waals surface area contributed by atoms with E-state index in [2.05, 4.69) is 29.1 Å². The fourth-order valence-corrected chi connectivity index (χ4v) is 1.76. The first-order valence-corrected chi connectivity index (χ1v) is 4.32. The predicted molar refractivity (Wildman–Crippen MR) is 46.7 cm³/mol. The Morgan fingerprint density at radius 1 is 1.50 bits per heavy atom. The minimum atomic E-state index is 0.393. The summed E-state index contributed by atoms with van der Waals surface area (Å²) in [6.07, 6.45) is 4.55. The Bertz CT molecular complexity index is 285. The molecular formula is C9H13N3. The standard InChI is InChI=1S/C9H13N3/c1-6-3-9-8(7(2)12-6)4-10-5-11-9/h4-7,12H,3H2,1-2H3. The number of aromatic nitrogens is 2. The highest BCUT2D eigenvalue weighted by molar-refractivity contribution is 5.23. The summed E-state index contributed by atoms with van der Waals surface area (Å²) in [6, 6.07) is 0.923. The van der Waals surface area contributed by atoms with Gasteiger partial charge >= 0.3 is 0 Å². The van der Waals surface area contributed by atoms with Gasteiger partial charge in [0.05, 0.1) is 5.69 Å². The summed E-state index contributed by atoms with van der Waals surface area (Å²) in [4.78, 5) is 8.29. The highest BCUT2D eigenvalue weighted by Crippen LogP contribution is 2.21. The molecule has 3 nitrogen and oxygen atoms in total. The first kappa shape index (κ1) is 7.68. The Morgan fingerprint density at radius 2 is 2.33 bits per heavy atom. The maximum absolute atomic E-state index is 4.27. The van der Waals surface area contributed by atoms with Crippen LogP contribution < -0.4 is 5.32 Å². The number of rotatable bonds is 0. The molecule has 0 radical (unpaired) electrons. The van der Waals surface area contributed by atoms with E-state index in [-0.39, 0.29) is 0 Å². The molecule has 1 aromatic heterocycles. The first-order valence-electron chi connectivity index (χ1n) is 4.32. The fourth-order valence-electron chi connectivity index (χ4n) is 1.76. The van der Waals surface area contributed by atoms with E-state index in [1.807, 2.05) is 6.20 Å². The average molecular weight is 163 g/mol. The van der Waals surface area contributed by atoms with Crippen LogP contribution in [0.2, 0.25) is 0 Å². The van der Waals surface area contributed by atoms with Crippen LogP contribution >= 0.6 is 0 Å². The molecule has 0 bridgehead atoms. The largest absolute Gasteiger partial charge is 0.307 e. The topological polar surface area (TPSA) is 37.8 Å². The summed E-state index contributed by atoms with van der Waals surface area (Å²) in [7, 11) is 0. The van der Waals surface area contributed by atoms with Gasteiger partial charge in [0.1, 0.15) is 6.33 Å². The number of hydrogen-bond acceptors (Lipinski definition) is 3. The molecule has 0 spiro atoms. The lowest BCUT2D eigenvalue weighted by Crippen LogP contribution is -2.36. The maximum Gasteiger partial charge on any atom is 0.115 e. The van der Waals surface area contributed by atoms with Crippen LogP contribution in [0.5, 0.6) is 0 Å². The molecule has 0 saturated heterocycles. The minimum Gasteiger partial charge on any atom is -0.307 e. The summed E-state index contributed by atoms with van der Waals surface area (Å²) in [5, 5.41) is 3.46. The van der Waals surface area contributed by atoms with E-state index in [1.165, 1.54) is 11.3 Å². The zero-order chi connectivity index (χ0) is 8.55. The van der Waals surface area contributed by atoms with Gasteiger partial charge in [0.25, 0.3) is 0 Å². The average Bonchev–Trinajstić information content (AvgIpc) is 2.04. The van der Waals surface area contributed by atoms with E-state index in [1.54, 1.807) is 6.33 Å². The van der Waals surface area contributed by atoms with Crippen molar-refractivity contribution in [3.05, 3.63) is 23.8 Å². The molecule has 3 heteroatoms. The Labute approximate surface area is 72.2 Å². The predicted octanol–water partition coefficient (Wildman–Crippen LogP) is 1.07. The van der Waals surface area contributed by atoms with E-state index in [4.69, 9.17) is 0 Å². The monoisotopic (exact) mass is 163 g/mol. The number of fused-ring (bicyclic) bond motifs is 1. The maximum atomic E-state index is 4.27. The molecule has 0 amide bonds. The SMILES string of the molecule is CC1Cc2ncncc2C(C)N1. The van der Waals surface area contributed by atoms with Crippen molar-refractivity contribution in [3.63, 3.8) is 0 Å². The van der Waals surface area contributed by atoms with Gasteiger partial charge in [-0.25, -0.2) is 9.97 Å². The first-order chi connectivity index (χ1) is 5.77. The van der Waals surface area contributed by atoms with Crippen LogP contribution in [0.1, 0.15) is 31.1 Å². The molecule has 0 aliphatic carbocycles. The van der Waals surface area contributed by atoms with Crippen LogP contribution in [0, 0.1) is 0 Å². The highest BCUT2D eigenvalue weighted by Gasteiger charge is 2.20. The fraction of sp³-hybridized carbons (Fsp3) is 0.556. The normalized spacial score (nSPS) is 28.2. The lowest BCUT2D eigenvalue weighted by Gasteiger charge is -2.27. The molecule has 2 rings (SSSR count). The second-order valence-electron chi connectivity index (χ2n) is 3.42. The van der Waals surface area contributed by atoms with Crippen LogP contribution in [0.3, 0.4) is 0 Å². The lowest BCUT2D eigenvalue weighted by atomic mass is 9.98. The van der Waals surface area contributed by atoms with Gasteiger partial charge in [-0.05, 0) is 13.8 Å². The molecule has 1 aliphatic heterocycles. The third-order valence-electron chi connectivity index (χ3n) is 2.33. The molecular weight excluding hydrogens is 150 g/mol. The molecule has 64 valence electrons. The van der Waals surface area contributed by atoms with Gasteiger partial charge in [-0.2, -0.15) is 0 Å². The van der Waals surface area contributed by atoms with Crippen molar-refractivity contribution in [2.45, 2.75) is 32.4 Å². The van der Waals surface area contributed by atoms with Crippen LogP contribution in [0.25, 0.3) is 0 Å². The van der Waals surface area contributed by atoms with Crippen LogP contribution in [0.15, 0.2) is 12.5 Å². The molecule has 1 aliphatic rings. The molecule has 12 heavy (non-hydrogen) atoms. The molecule has 2 heterocycles. The molecule has 0 saturated carbocycles. The van der Waals surface area contributed by atoms with Gasteiger partial charge in [-0.3, -0.25) is 0 Å². The molecule has 0 aromatic carbocycles. The number of nitrogens with zero attached hydrogens (tertiary/aromatic N) is 2. The number of nitrogens with one attached hydrogen (secondary N) is 1. The van der Waals surface area contributed by atoms with Crippen molar-refractivity contribution in [2.75, 3.05) is 0 Å². The Hall–Kier alpha value is -0.960. The lowest BCUT2D eigenvalue weighted by molar-refractivity contribution is 0.437. The zero-order valence-electron chi connectivity index (χ0n) is 7.41. The van der Waals surface area contributed by atoms with E-state index in [9.17, 15) is 0 Å². The van der Waals surface area contributed by atoms with Gasteiger partial charge < -0.3 is 5.32 Å². The molecule has 2 atom stereocenters. The summed E-state index contributed by atoms with van der Waals surface area (Å²) >= 11 is 0. The second-order valence-corrected chi connectivity index (χ2v) is 3.42. The van der Waals surface area contributed by atoms with E-state index < -0.39 is 0 Å². The van der Waals surface area contributed by atoms with Gasteiger partial charge in [0.15, 0.2) is 0 Å². The van der Waals surface area contributed by atoms with E-state index in [0.29, 0.717) is 12.1 Å². The highest BCUT2D eigenvalue weighted by atomic mass is 15.0.